The number of aromatic nitrogens is 1. The molecule has 0 bridgehead atoms. The van der Waals surface area contributed by atoms with E-state index < -0.39 is 0 Å². The fourth-order valence-electron chi connectivity index (χ4n) is 2.44. The van der Waals surface area contributed by atoms with Crippen LogP contribution in [-0.2, 0) is 11.8 Å². The molecule has 0 fully saturated rings. The molecule has 0 radical (unpaired) electrons. The smallest absolute Gasteiger partial charge is 0.131 e. The van der Waals surface area contributed by atoms with Crippen LogP contribution in [-0.4, -0.2) is 19.1 Å². The van der Waals surface area contributed by atoms with Crippen molar-refractivity contribution in [2.24, 2.45) is 0 Å². The topological polar surface area (TPSA) is 39.9 Å². The summed E-state index contributed by atoms with van der Waals surface area (Å²) >= 11 is 0. The van der Waals surface area contributed by atoms with E-state index in [1.54, 1.807) is 0 Å². The minimum atomic E-state index is 0.126. The van der Waals surface area contributed by atoms with Crippen molar-refractivity contribution < 1.29 is 0 Å². The lowest BCUT2D eigenvalue weighted by molar-refractivity contribution is 0.591. The summed E-state index contributed by atoms with van der Waals surface area (Å²) in [5.74, 6) is 0.959. The molecule has 0 atom stereocenters. The molecule has 0 unspecified atom stereocenters. The van der Waals surface area contributed by atoms with Gasteiger partial charge in [-0.15, -0.1) is 0 Å². The maximum absolute atomic E-state index is 8.84. The minimum Gasteiger partial charge on any atom is -0.362 e. The van der Waals surface area contributed by atoms with Crippen molar-refractivity contribution in [1.29, 1.82) is 5.26 Å². The second-order valence-corrected chi connectivity index (χ2v) is 6.68. The molecule has 0 saturated carbocycles. The number of pyridine rings is 1. The number of hydrogen-bond acceptors (Lipinski definition) is 3. The second-order valence-electron chi connectivity index (χ2n) is 6.68. The first-order chi connectivity index (χ1) is 9.82. The highest BCUT2D eigenvalue weighted by Gasteiger charge is 2.15. The van der Waals surface area contributed by atoms with Crippen molar-refractivity contribution in [1.82, 2.24) is 4.98 Å². The van der Waals surface area contributed by atoms with E-state index in [4.69, 9.17) is 10.2 Å². The molecule has 110 valence electrons. The standard InChI is InChI=1S/C18H23N3/c1-18(2,3)15-8-9-16-14(12-15)11-13(7-6-10-19)17(20-16)21(4)5/h8-9,11-12H,6-7H2,1-5H3. The number of nitrogens with zero attached hydrogens (tertiary/aromatic N) is 3. The summed E-state index contributed by atoms with van der Waals surface area (Å²) in [5.41, 5.74) is 3.58. The van der Waals surface area contributed by atoms with E-state index in [2.05, 4.69) is 51.1 Å². The Balaban J connectivity index is 2.59. The predicted octanol–water partition coefficient (Wildman–Crippen LogP) is 4.05. The van der Waals surface area contributed by atoms with Crippen molar-refractivity contribution in [3.8, 4) is 6.07 Å². The number of rotatable bonds is 3. The Hall–Kier alpha value is -2.08. The lowest BCUT2D eigenvalue weighted by atomic mass is 9.86. The van der Waals surface area contributed by atoms with Gasteiger partial charge >= 0.3 is 0 Å². The Labute approximate surface area is 127 Å². The maximum Gasteiger partial charge on any atom is 0.131 e. The molecule has 0 amide bonds. The van der Waals surface area contributed by atoms with E-state index in [1.807, 2.05) is 19.0 Å². The van der Waals surface area contributed by atoms with E-state index in [9.17, 15) is 0 Å². The van der Waals surface area contributed by atoms with Crippen LogP contribution in [0.5, 0.6) is 0 Å². The number of benzene rings is 1. The van der Waals surface area contributed by atoms with Crippen molar-refractivity contribution in [2.75, 3.05) is 19.0 Å². The van der Waals surface area contributed by atoms with Crippen LogP contribution in [0.1, 0.15) is 38.3 Å². The Morgan fingerprint density at radius 1 is 1.19 bits per heavy atom. The monoisotopic (exact) mass is 281 g/mol. The highest BCUT2D eigenvalue weighted by molar-refractivity contribution is 5.82. The van der Waals surface area contributed by atoms with Gasteiger partial charge in [-0.3, -0.25) is 0 Å². The number of anilines is 1. The zero-order chi connectivity index (χ0) is 15.6. The SMILES string of the molecule is CN(C)c1nc2ccc(C(C)(C)C)cc2cc1CCC#N. The van der Waals surface area contributed by atoms with Gasteiger partial charge in [-0.05, 0) is 41.2 Å². The predicted molar refractivity (Wildman–Crippen MR) is 88.7 cm³/mol. The molecule has 0 aliphatic heterocycles. The van der Waals surface area contributed by atoms with Gasteiger partial charge in [0.1, 0.15) is 5.82 Å². The van der Waals surface area contributed by atoms with Gasteiger partial charge in [0.25, 0.3) is 0 Å². The number of aryl methyl sites for hydroxylation is 1. The average molecular weight is 281 g/mol. The molecular formula is C18H23N3. The summed E-state index contributed by atoms with van der Waals surface area (Å²) in [4.78, 5) is 6.78. The minimum absolute atomic E-state index is 0.126. The molecule has 2 rings (SSSR count). The highest BCUT2D eigenvalue weighted by Crippen LogP contribution is 2.28. The van der Waals surface area contributed by atoms with Crippen LogP contribution in [0.4, 0.5) is 5.82 Å². The molecular weight excluding hydrogens is 258 g/mol. The third-order valence-corrected chi connectivity index (χ3v) is 3.67. The summed E-state index contributed by atoms with van der Waals surface area (Å²) < 4.78 is 0. The van der Waals surface area contributed by atoms with Crippen molar-refractivity contribution in [2.45, 2.75) is 39.0 Å². The molecule has 3 heteroatoms. The van der Waals surface area contributed by atoms with E-state index in [1.165, 1.54) is 5.56 Å². The largest absolute Gasteiger partial charge is 0.362 e. The maximum atomic E-state index is 8.84. The lowest BCUT2D eigenvalue weighted by Crippen LogP contribution is -2.14. The summed E-state index contributed by atoms with van der Waals surface area (Å²) in [7, 11) is 3.99. The molecule has 21 heavy (non-hydrogen) atoms. The van der Waals surface area contributed by atoms with Gasteiger partial charge in [0.15, 0.2) is 0 Å². The lowest BCUT2D eigenvalue weighted by Gasteiger charge is -2.21. The Morgan fingerprint density at radius 2 is 1.90 bits per heavy atom. The number of hydrogen-bond donors (Lipinski definition) is 0. The van der Waals surface area contributed by atoms with Crippen LogP contribution >= 0.6 is 0 Å². The zero-order valence-corrected chi connectivity index (χ0v) is 13.6. The summed E-state index contributed by atoms with van der Waals surface area (Å²) in [6.45, 7) is 6.64. The average Bonchev–Trinajstić information content (AvgIpc) is 2.42. The van der Waals surface area contributed by atoms with Crippen molar-refractivity contribution in [3.05, 3.63) is 35.4 Å². The van der Waals surface area contributed by atoms with E-state index in [0.29, 0.717) is 6.42 Å². The van der Waals surface area contributed by atoms with Gasteiger partial charge in [0, 0.05) is 25.9 Å². The van der Waals surface area contributed by atoms with E-state index in [-0.39, 0.29) is 5.41 Å². The van der Waals surface area contributed by atoms with Gasteiger partial charge in [0.2, 0.25) is 0 Å². The van der Waals surface area contributed by atoms with Gasteiger partial charge < -0.3 is 4.90 Å². The van der Waals surface area contributed by atoms with Crippen LogP contribution in [0, 0.1) is 11.3 Å². The van der Waals surface area contributed by atoms with Crippen LogP contribution in [0.15, 0.2) is 24.3 Å². The van der Waals surface area contributed by atoms with Crippen LogP contribution in [0.25, 0.3) is 10.9 Å². The summed E-state index contributed by atoms with van der Waals surface area (Å²) in [5, 5.41) is 9.99. The zero-order valence-electron chi connectivity index (χ0n) is 13.6. The highest BCUT2D eigenvalue weighted by atomic mass is 15.1. The van der Waals surface area contributed by atoms with E-state index >= 15 is 0 Å². The van der Waals surface area contributed by atoms with Crippen molar-refractivity contribution >= 4 is 16.7 Å². The quantitative estimate of drug-likeness (QED) is 0.852. The molecule has 0 saturated heterocycles. The number of nitriles is 1. The normalized spacial score (nSPS) is 11.4. The van der Waals surface area contributed by atoms with Gasteiger partial charge in [-0.25, -0.2) is 4.98 Å². The third kappa shape index (κ3) is 3.33. The fourth-order valence-corrected chi connectivity index (χ4v) is 2.44. The Morgan fingerprint density at radius 3 is 2.48 bits per heavy atom. The molecule has 1 heterocycles. The Kier molecular flexibility index (Phi) is 4.18. The molecule has 1 aromatic carbocycles. The first-order valence-electron chi connectivity index (χ1n) is 7.31. The molecule has 2 aromatic rings. The molecule has 1 aromatic heterocycles. The summed E-state index contributed by atoms with van der Waals surface area (Å²) in [6.07, 6.45) is 1.26. The molecule has 0 aliphatic rings. The van der Waals surface area contributed by atoms with Crippen LogP contribution in [0.3, 0.4) is 0 Å². The molecule has 0 aliphatic carbocycles. The van der Waals surface area contributed by atoms with Crippen molar-refractivity contribution in [3.63, 3.8) is 0 Å². The van der Waals surface area contributed by atoms with Gasteiger partial charge in [0.05, 0.1) is 11.6 Å². The van der Waals surface area contributed by atoms with Gasteiger partial charge in [-0.2, -0.15) is 5.26 Å². The van der Waals surface area contributed by atoms with E-state index in [0.717, 1.165) is 28.7 Å². The number of fused-ring (bicyclic) bond motifs is 1. The summed E-state index contributed by atoms with van der Waals surface area (Å²) in [6, 6.07) is 10.9. The van der Waals surface area contributed by atoms with Gasteiger partial charge in [-0.1, -0.05) is 26.8 Å². The second kappa shape index (κ2) is 5.73. The Bertz CT molecular complexity index is 688. The first-order valence-corrected chi connectivity index (χ1v) is 7.31. The fraction of sp³-hybridized carbons (Fsp3) is 0.444. The molecule has 0 spiro atoms. The first kappa shape index (κ1) is 15.3. The van der Waals surface area contributed by atoms with Crippen LogP contribution < -0.4 is 4.90 Å². The van der Waals surface area contributed by atoms with Crippen LogP contribution in [0.2, 0.25) is 0 Å². The molecule has 3 nitrogen and oxygen atoms in total. The molecule has 0 N–H and O–H groups in total. The third-order valence-electron chi connectivity index (χ3n) is 3.67.